The maximum Gasteiger partial charge on any atom is 0.259 e. The van der Waals surface area contributed by atoms with Crippen molar-refractivity contribution < 1.29 is 9.18 Å². The number of hydrogen-bond acceptors (Lipinski definition) is 7. The maximum absolute atomic E-state index is 14.5. The van der Waals surface area contributed by atoms with Crippen LogP contribution in [0.15, 0.2) is 30.9 Å². The van der Waals surface area contributed by atoms with Crippen molar-refractivity contribution in [3.63, 3.8) is 0 Å². The highest BCUT2D eigenvalue weighted by molar-refractivity contribution is 6.13. The summed E-state index contributed by atoms with van der Waals surface area (Å²) in [6.45, 7) is 9.40. The second-order valence-corrected chi connectivity index (χ2v) is 8.69. The lowest BCUT2D eigenvalue weighted by molar-refractivity contribution is 0.102. The summed E-state index contributed by atoms with van der Waals surface area (Å²) >= 11 is 0. The van der Waals surface area contributed by atoms with E-state index in [1.54, 1.807) is 36.8 Å². The van der Waals surface area contributed by atoms with Gasteiger partial charge in [0.2, 0.25) is 0 Å². The van der Waals surface area contributed by atoms with Crippen LogP contribution in [0.25, 0.3) is 16.6 Å². The number of hydrogen-bond donors (Lipinski definition) is 2. The number of aryl methyl sites for hydroxylation is 2. The van der Waals surface area contributed by atoms with Gasteiger partial charge in [-0.25, -0.2) is 24.3 Å². The second kappa shape index (κ2) is 8.04. The fraction of sp³-hybridized carbons (Fsp3) is 0.348. The van der Waals surface area contributed by atoms with E-state index < -0.39 is 11.7 Å². The summed E-state index contributed by atoms with van der Waals surface area (Å²) in [5.74, 6) is 0.370. The maximum atomic E-state index is 14.5. The number of aromatic nitrogens is 5. The highest BCUT2D eigenvalue weighted by Gasteiger charge is 2.25. The van der Waals surface area contributed by atoms with Gasteiger partial charge in [0.05, 0.1) is 27.8 Å². The van der Waals surface area contributed by atoms with Crippen LogP contribution >= 0.6 is 0 Å². The van der Waals surface area contributed by atoms with Crippen molar-refractivity contribution in [1.82, 2.24) is 29.7 Å². The first kappa shape index (κ1) is 21.2. The lowest BCUT2D eigenvalue weighted by Gasteiger charge is -2.37. The Balaban J connectivity index is 1.53. The summed E-state index contributed by atoms with van der Waals surface area (Å²) in [6, 6.07) is 1.86. The summed E-state index contributed by atoms with van der Waals surface area (Å²) < 4.78 is 16.0. The van der Waals surface area contributed by atoms with Gasteiger partial charge in [0, 0.05) is 56.0 Å². The Labute approximate surface area is 190 Å². The second-order valence-electron chi connectivity index (χ2n) is 8.69. The van der Waals surface area contributed by atoms with Crippen molar-refractivity contribution in [3.05, 3.63) is 53.8 Å². The number of pyridine rings is 2. The third kappa shape index (κ3) is 3.97. The summed E-state index contributed by atoms with van der Waals surface area (Å²) in [4.78, 5) is 33.1. The minimum absolute atomic E-state index is 0.213. The number of carbonyl (C=O) groups is 1. The molecule has 0 bridgehead atoms. The van der Waals surface area contributed by atoms with Gasteiger partial charge < -0.3 is 19.9 Å². The Morgan fingerprint density at radius 3 is 2.64 bits per heavy atom. The number of amides is 1. The quantitative estimate of drug-likeness (QED) is 0.497. The number of nitrogens with zero attached hydrogens (tertiary/aromatic N) is 6. The van der Waals surface area contributed by atoms with Crippen molar-refractivity contribution in [1.29, 1.82) is 0 Å². The molecule has 1 amide bonds. The number of anilines is 2. The number of halogens is 1. The molecule has 170 valence electrons. The van der Waals surface area contributed by atoms with E-state index in [9.17, 15) is 9.18 Å². The largest absolute Gasteiger partial charge is 0.353 e. The molecule has 10 heteroatoms. The fourth-order valence-electron chi connectivity index (χ4n) is 4.46. The van der Waals surface area contributed by atoms with E-state index in [0.717, 1.165) is 18.9 Å². The number of nitrogens with one attached hydrogen (secondary N) is 2. The summed E-state index contributed by atoms with van der Waals surface area (Å²) in [7, 11) is 0. The van der Waals surface area contributed by atoms with Gasteiger partial charge in [0.1, 0.15) is 11.6 Å². The van der Waals surface area contributed by atoms with Crippen molar-refractivity contribution in [2.45, 2.75) is 39.8 Å². The van der Waals surface area contributed by atoms with Gasteiger partial charge in [-0.3, -0.25) is 4.79 Å². The van der Waals surface area contributed by atoms with Gasteiger partial charge in [-0.05, 0) is 27.7 Å². The van der Waals surface area contributed by atoms with E-state index in [2.05, 4.69) is 49.3 Å². The molecule has 1 aliphatic heterocycles. The van der Waals surface area contributed by atoms with Gasteiger partial charge in [0.15, 0.2) is 11.5 Å². The molecule has 5 heterocycles. The van der Waals surface area contributed by atoms with Gasteiger partial charge in [-0.2, -0.15) is 0 Å². The number of piperazine rings is 1. The third-order valence-electron chi connectivity index (χ3n) is 5.71. The van der Waals surface area contributed by atoms with Crippen LogP contribution in [0.4, 0.5) is 15.9 Å². The van der Waals surface area contributed by atoms with Gasteiger partial charge in [-0.15, -0.1) is 0 Å². The predicted octanol–water partition coefficient (Wildman–Crippen LogP) is 2.87. The highest BCUT2D eigenvalue weighted by Crippen LogP contribution is 2.28. The summed E-state index contributed by atoms with van der Waals surface area (Å²) in [5, 5.41) is 6.99. The zero-order valence-electron chi connectivity index (χ0n) is 18.9. The molecule has 0 saturated carbocycles. The number of fused-ring (bicyclic) bond motifs is 2. The monoisotopic (exact) mass is 448 g/mol. The topological polar surface area (TPSA) is 100 Å². The molecule has 0 spiro atoms. The lowest BCUT2D eigenvalue weighted by Crippen LogP contribution is -2.54. The van der Waals surface area contributed by atoms with Crippen molar-refractivity contribution in [3.8, 4) is 0 Å². The van der Waals surface area contributed by atoms with Crippen LogP contribution in [0.3, 0.4) is 0 Å². The molecule has 5 rings (SSSR count). The first-order chi connectivity index (χ1) is 15.8. The van der Waals surface area contributed by atoms with E-state index in [4.69, 9.17) is 0 Å². The molecule has 2 N–H and O–H groups in total. The molecule has 4 aromatic rings. The molecule has 1 saturated heterocycles. The van der Waals surface area contributed by atoms with Crippen molar-refractivity contribution in [2.75, 3.05) is 23.3 Å². The van der Waals surface area contributed by atoms with Crippen LogP contribution in [0.2, 0.25) is 0 Å². The minimum atomic E-state index is -0.514. The molecule has 0 aromatic carbocycles. The molecule has 0 radical (unpaired) electrons. The molecule has 2 atom stereocenters. The predicted molar refractivity (Wildman–Crippen MR) is 124 cm³/mol. The minimum Gasteiger partial charge on any atom is -0.353 e. The fourth-order valence-corrected chi connectivity index (χ4v) is 4.46. The van der Waals surface area contributed by atoms with E-state index >= 15 is 0 Å². The Kier molecular flexibility index (Phi) is 5.16. The summed E-state index contributed by atoms with van der Waals surface area (Å²) in [6.07, 6.45) is 6.58. The van der Waals surface area contributed by atoms with Crippen LogP contribution in [0.1, 0.15) is 35.7 Å². The first-order valence-electron chi connectivity index (χ1n) is 10.9. The normalized spacial score (nSPS) is 18.8. The molecule has 33 heavy (non-hydrogen) atoms. The molecular formula is C23H25FN8O. The zero-order chi connectivity index (χ0) is 23.3. The SMILES string of the molecule is Cc1cn2cc(NC(=O)c3cnc(N4C[C@@H](C)N[C@@H](C)C4)c4cnc(C)nc34)cc(F)c2n1. The standard InChI is InChI=1S/C23H25FN8O/c1-12-8-31(9-13(2)27-12)21-17-6-25-15(4)29-20(17)18(7-26-21)23(33)30-16-5-19(24)22-28-14(3)10-32(22)11-16/h5-7,10-13,27H,8-9H2,1-4H3,(H,30,33)/t12-,13+. The Hall–Kier alpha value is -3.66. The summed E-state index contributed by atoms with van der Waals surface area (Å²) in [5.41, 5.74) is 2.04. The van der Waals surface area contributed by atoms with Crippen molar-refractivity contribution >= 4 is 34.0 Å². The molecule has 9 nitrogen and oxygen atoms in total. The number of carbonyl (C=O) groups excluding carboxylic acids is 1. The Morgan fingerprint density at radius 1 is 1.12 bits per heavy atom. The average Bonchev–Trinajstić information content (AvgIpc) is 3.12. The molecule has 1 aliphatic rings. The number of imidazole rings is 1. The molecular weight excluding hydrogens is 423 g/mol. The van der Waals surface area contributed by atoms with Gasteiger partial charge in [0.25, 0.3) is 5.91 Å². The van der Waals surface area contributed by atoms with Gasteiger partial charge in [-0.1, -0.05) is 0 Å². The Bertz CT molecular complexity index is 1370. The lowest BCUT2D eigenvalue weighted by atomic mass is 10.1. The van der Waals surface area contributed by atoms with Crippen LogP contribution in [0, 0.1) is 19.7 Å². The van der Waals surface area contributed by atoms with Gasteiger partial charge >= 0.3 is 0 Å². The average molecular weight is 449 g/mol. The third-order valence-corrected chi connectivity index (χ3v) is 5.71. The zero-order valence-corrected chi connectivity index (χ0v) is 18.9. The molecule has 1 fully saturated rings. The van der Waals surface area contributed by atoms with E-state index in [1.807, 2.05) is 0 Å². The Morgan fingerprint density at radius 2 is 1.88 bits per heavy atom. The van der Waals surface area contributed by atoms with E-state index in [0.29, 0.717) is 45.8 Å². The van der Waals surface area contributed by atoms with Crippen LogP contribution in [-0.2, 0) is 0 Å². The van der Waals surface area contributed by atoms with Crippen LogP contribution in [-0.4, -0.2) is 55.4 Å². The molecule has 0 unspecified atom stereocenters. The van der Waals surface area contributed by atoms with Crippen LogP contribution in [0.5, 0.6) is 0 Å². The molecule has 0 aliphatic carbocycles. The number of rotatable bonds is 3. The smallest absolute Gasteiger partial charge is 0.259 e. The first-order valence-corrected chi connectivity index (χ1v) is 10.9. The van der Waals surface area contributed by atoms with E-state index in [-0.39, 0.29) is 5.65 Å². The van der Waals surface area contributed by atoms with Crippen molar-refractivity contribution in [2.24, 2.45) is 0 Å². The van der Waals surface area contributed by atoms with Crippen LogP contribution < -0.4 is 15.5 Å². The highest BCUT2D eigenvalue weighted by atomic mass is 19.1. The van der Waals surface area contributed by atoms with E-state index in [1.165, 1.54) is 12.3 Å². The molecule has 4 aromatic heterocycles.